The second-order valence-corrected chi connectivity index (χ2v) is 6.68. The first-order valence-electron chi connectivity index (χ1n) is 9.81. The SMILES string of the molecule is COc1cccc(C(=O)Nc2cccc(OCc3nnc(-c4ccccc4)o3)c2)c1OC. The predicted octanol–water partition coefficient (Wildman–Crippen LogP) is 4.59. The van der Waals surface area contributed by atoms with E-state index < -0.39 is 0 Å². The van der Waals surface area contributed by atoms with Gasteiger partial charge in [0.15, 0.2) is 18.1 Å². The molecule has 32 heavy (non-hydrogen) atoms. The van der Waals surface area contributed by atoms with Gasteiger partial charge >= 0.3 is 0 Å². The minimum atomic E-state index is -0.331. The maximum absolute atomic E-state index is 12.8. The molecule has 0 aliphatic heterocycles. The quantitative estimate of drug-likeness (QED) is 0.436. The Hall–Kier alpha value is -4.33. The van der Waals surface area contributed by atoms with E-state index in [1.54, 1.807) is 42.5 Å². The fraction of sp³-hybridized carbons (Fsp3) is 0.125. The van der Waals surface area contributed by atoms with Crippen LogP contribution in [0.5, 0.6) is 17.2 Å². The van der Waals surface area contributed by atoms with Crippen LogP contribution in [0.25, 0.3) is 11.5 Å². The second kappa shape index (κ2) is 9.65. The van der Waals surface area contributed by atoms with Gasteiger partial charge in [-0.15, -0.1) is 10.2 Å². The van der Waals surface area contributed by atoms with Crippen molar-refractivity contribution in [2.45, 2.75) is 6.61 Å². The molecule has 0 bridgehead atoms. The number of rotatable bonds is 8. The number of amides is 1. The van der Waals surface area contributed by atoms with Crippen LogP contribution in [0.3, 0.4) is 0 Å². The molecule has 4 aromatic rings. The smallest absolute Gasteiger partial charge is 0.259 e. The van der Waals surface area contributed by atoms with Crippen LogP contribution in [0.4, 0.5) is 5.69 Å². The fourth-order valence-corrected chi connectivity index (χ4v) is 3.08. The highest BCUT2D eigenvalue weighted by molar-refractivity contribution is 6.06. The molecule has 8 nitrogen and oxygen atoms in total. The molecule has 4 rings (SSSR count). The number of para-hydroxylation sites is 1. The lowest BCUT2D eigenvalue weighted by Crippen LogP contribution is -2.13. The first-order chi connectivity index (χ1) is 15.7. The van der Waals surface area contributed by atoms with Crippen molar-refractivity contribution in [3.05, 3.63) is 84.3 Å². The van der Waals surface area contributed by atoms with Gasteiger partial charge in [0.25, 0.3) is 11.8 Å². The zero-order valence-corrected chi connectivity index (χ0v) is 17.6. The summed E-state index contributed by atoms with van der Waals surface area (Å²) in [4.78, 5) is 12.8. The Balaban J connectivity index is 1.42. The summed E-state index contributed by atoms with van der Waals surface area (Å²) in [5.74, 6) is 1.83. The van der Waals surface area contributed by atoms with E-state index in [1.165, 1.54) is 14.2 Å². The number of hydrogen-bond donors (Lipinski definition) is 1. The summed E-state index contributed by atoms with van der Waals surface area (Å²) in [6.07, 6.45) is 0. The summed E-state index contributed by atoms with van der Waals surface area (Å²) in [6.45, 7) is 0.0982. The van der Waals surface area contributed by atoms with Crippen molar-refractivity contribution in [3.8, 4) is 28.7 Å². The van der Waals surface area contributed by atoms with Crippen LogP contribution in [-0.4, -0.2) is 30.3 Å². The molecule has 0 unspecified atom stereocenters. The number of hydrogen-bond acceptors (Lipinski definition) is 7. The van der Waals surface area contributed by atoms with E-state index in [1.807, 2.05) is 30.3 Å². The van der Waals surface area contributed by atoms with Crippen molar-refractivity contribution in [1.29, 1.82) is 0 Å². The fourth-order valence-electron chi connectivity index (χ4n) is 3.08. The van der Waals surface area contributed by atoms with Crippen LogP contribution in [0.2, 0.25) is 0 Å². The largest absolute Gasteiger partial charge is 0.493 e. The molecule has 3 aromatic carbocycles. The highest BCUT2D eigenvalue weighted by Crippen LogP contribution is 2.31. The third kappa shape index (κ3) is 4.70. The summed E-state index contributed by atoms with van der Waals surface area (Å²) in [5.41, 5.74) is 1.76. The summed E-state index contributed by atoms with van der Waals surface area (Å²) in [6, 6.07) is 21.6. The van der Waals surface area contributed by atoms with Gasteiger partial charge in [0.05, 0.1) is 19.8 Å². The Labute approximate surface area is 184 Å². The van der Waals surface area contributed by atoms with Gasteiger partial charge in [-0.3, -0.25) is 4.79 Å². The van der Waals surface area contributed by atoms with Gasteiger partial charge in [-0.1, -0.05) is 30.3 Å². The Kier molecular flexibility index (Phi) is 6.31. The molecule has 1 heterocycles. The van der Waals surface area contributed by atoms with Crippen LogP contribution in [0, 0.1) is 0 Å². The molecule has 0 fully saturated rings. The topological polar surface area (TPSA) is 95.7 Å². The van der Waals surface area contributed by atoms with Crippen LogP contribution in [-0.2, 0) is 6.61 Å². The van der Waals surface area contributed by atoms with Crippen LogP contribution in [0.1, 0.15) is 16.2 Å². The second-order valence-electron chi connectivity index (χ2n) is 6.68. The van der Waals surface area contributed by atoms with E-state index in [0.29, 0.717) is 40.3 Å². The Morgan fingerprint density at radius 2 is 1.75 bits per heavy atom. The minimum absolute atomic E-state index is 0.0982. The number of aromatic nitrogens is 2. The first-order valence-corrected chi connectivity index (χ1v) is 9.81. The van der Waals surface area contributed by atoms with Crippen molar-refractivity contribution in [2.75, 3.05) is 19.5 Å². The molecule has 0 saturated carbocycles. The molecule has 1 aromatic heterocycles. The third-order valence-electron chi connectivity index (χ3n) is 4.59. The third-order valence-corrected chi connectivity index (χ3v) is 4.59. The van der Waals surface area contributed by atoms with E-state index in [4.69, 9.17) is 18.6 Å². The number of methoxy groups -OCH3 is 2. The van der Waals surface area contributed by atoms with E-state index in [9.17, 15) is 4.79 Å². The number of carbonyl (C=O) groups excluding carboxylic acids is 1. The molecule has 8 heteroatoms. The van der Waals surface area contributed by atoms with Crippen molar-refractivity contribution < 1.29 is 23.4 Å². The lowest BCUT2D eigenvalue weighted by molar-refractivity contribution is 0.102. The summed E-state index contributed by atoms with van der Waals surface area (Å²) in [7, 11) is 3.01. The van der Waals surface area contributed by atoms with Crippen LogP contribution < -0.4 is 19.5 Å². The molecule has 0 aliphatic rings. The number of ether oxygens (including phenoxy) is 3. The molecule has 0 atom stereocenters. The van der Waals surface area contributed by atoms with Gasteiger partial charge in [-0.2, -0.15) is 0 Å². The van der Waals surface area contributed by atoms with Gasteiger partial charge in [0.2, 0.25) is 5.89 Å². The van der Waals surface area contributed by atoms with E-state index in [0.717, 1.165) is 5.56 Å². The number of anilines is 1. The summed E-state index contributed by atoms with van der Waals surface area (Å²) in [5, 5.41) is 10.9. The van der Waals surface area contributed by atoms with E-state index in [2.05, 4.69) is 15.5 Å². The monoisotopic (exact) mass is 431 g/mol. The maximum atomic E-state index is 12.8. The molecule has 0 radical (unpaired) electrons. The Morgan fingerprint density at radius 3 is 2.53 bits per heavy atom. The maximum Gasteiger partial charge on any atom is 0.259 e. The lowest BCUT2D eigenvalue weighted by atomic mass is 10.1. The summed E-state index contributed by atoms with van der Waals surface area (Å²) >= 11 is 0. The van der Waals surface area contributed by atoms with Crippen molar-refractivity contribution in [1.82, 2.24) is 10.2 Å². The average molecular weight is 431 g/mol. The number of benzene rings is 3. The highest BCUT2D eigenvalue weighted by atomic mass is 16.5. The number of nitrogens with one attached hydrogen (secondary N) is 1. The van der Waals surface area contributed by atoms with Gasteiger partial charge in [-0.05, 0) is 36.4 Å². The van der Waals surface area contributed by atoms with Crippen LogP contribution >= 0.6 is 0 Å². The molecular weight excluding hydrogens is 410 g/mol. The van der Waals surface area contributed by atoms with Gasteiger partial charge in [0.1, 0.15) is 5.75 Å². The first kappa shape index (κ1) is 20.9. The molecule has 0 saturated heterocycles. The van der Waals surface area contributed by atoms with Gasteiger partial charge in [-0.25, -0.2) is 0 Å². The van der Waals surface area contributed by atoms with Gasteiger partial charge < -0.3 is 23.9 Å². The molecule has 1 N–H and O–H groups in total. The van der Waals surface area contributed by atoms with Crippen molar-refractivity contribution in [3.63, 3.8) is 0 Å². The zero-order valence-electron chi connectivity index (χ0n) is 17.6. The van der Waals surface area contributed by atoms with Crippen LogP contribution in [0.15, 0.2) is 77.2 Å². The molecule has 1 amide bonds. The summed E-state index contributed by atoms with van der Waals surface area (Å²) < 4.78 is 22.0. The molecule has 162 valence electrons. The Morgan fingerprint density at radius 1 is 0.938 bits per heavy atom. The van der Waals surface area contributed by atoms with Crippen molar-refractivity contribution >= 4 is 11.6 Å². The van der Waals surface area contributed by atoms with Crippen molar-refractivity contribution in [2.24, 2.45) is 0 Å². The number of carbonyl (C=O) groups is 1. The van der Waals surface area contributed by atoms with E-state index in [-0.39, 0.29) is 12.5 Å². The predicted molar refractivity (Wildman–Crippen MR) is 118 cm³/mol. The van der Waals surface area contributed by atoms with Gasteiger partial charge in [0, 0.05) is 17.3 Å². The lowest BCUT2D eigenvalue weighted by Gasteiger charge is -2.13. The molecule has 0 spiro atoms. The zero-order chi connectivity index (χ0) is 22.3. The molecule has 0 aliphatic carbocycles. The molecular formula is C24H21N3O5. The standard InChI is InChI=1S/C24H21N3O5/c1-29-20-13-7-12-19(22(20)30-2)23(28)25-17-10-6-11-18(14-17)31-15-21-26-27-24(32-21)16-8-4-3-5-9-16/h3-14H,15H2,1-2H3,(H,25,28). The normalized spacial score (nSPS) is 10.4. The Bertz CT molecular complexity index is 1210. The van der Waals surface area contributed by atoms with E-state index >= 15 is 0 Å². The highest BCUT2D eigenvalue weighted by Gasteiger charge is 2.17. The minimum Gasteiger partial charge on any atom is -0.493 e. The number of nitrogens with zero attached hydrogens (tertiary/aromatic N) is 2. The average Bonchev–Trinajstić information content (AvgIpc) is 3.32.